The summed E-state index contributed by atoms with van der Waals surface area (Å²) in [5.41, 5.74) is 2.02. The lowest BCUT2D eigenvalue weighted by atomic mass is 10.2. The van der Waals surface area contributed by atoms with Crippen LogP contribution in [0.2, 0.25) is 0 Å². The van der Waals surface area contributed by atoms with Gasteiger partial charge in [-0.2, -0.15) is 4.98 Å². The third-order valence-corrected chi connectivity index (χ3v) is 3.73. The molecule has 3 rings (SSSR count). The summed E-state index contributed by atoms with van der Waals surface area (Å²) in [6, 6.07) is 7.87. The lowest BCUT2D eigenvalue weighted by Gasteiger charge is -2.14. The Morgan fingerprint density at radius 2 is 2.13 bits per heavy atom. The van der Waals surface area contributed by atoms with Crippen LogP contribution in [-0.2, 0) is 17.7 Å². The fourth-order valence-electron chi connectivity index (χ4n) is 2.39. The molecule has 1 atom stereocenters. The number of anilines is 1. The Balaban J connectivity index is 1.59. The number of amides is 1. The third-order valence-electron chi connectivity index (χ3n) is 3.73. The van der Waals surface area contributed by atoms with Gasteiger partial charge in [0.25, 0.3) is 0 Å². The van der Waals surface area contributed by atoms with E-state index in [0.717, 1.165) is 17.7 Å². The summed E-state index contributed by atoms with van der Waals surface area (Å²) in [4.78, 5) is 17.5. The monoisotopic (exact) mass is 316 g/mol. The number of aromatic nitrogens is 2. The van der Waals surface area contributed by atoms with Gasteiger partial charge in [0.05, 0.1) is 6.54 Å². The van der Waals surface area contributed by atoms with E-state index in [0.29, 0.717) is 31.4 Å². The van der Waals surface area contributed by atoms with Crippen LogP contribution in [0.4, 0.5) is 10.5 Å². The summed E-state index contributed by atoms with van der Waals surface area (Å²) in [7, 11) is 0. The molecule has 1 amide bonds. The van der Waals surface area contributed by atoms with Crippen molar-refractivity contribution in [2.24, 2.45) is 0 Å². The van der Waals surface area contributed by atoms with Crippen LogP contribution in [0, 0.1) is 0 Å². The highest BCUT2D eigenvalue weighted by Gasteiger charge is 2.21. The molecule has 0 radical (unpaired) electrons. The Bertz CT molecular complexity index is 668. The second-order valence-electron chi connectivity index (χ2n) is 5.50. The summed E-state index contributed by atoms with van der Waals surface area (Å²) in [6.45, 7) is 5.65. The zero-order valence-electron chi connectivity index (χ0n) is 13.3. The molecule has 0 aliphatic carbocycles. The molecule has 0 spiro atoms. The van der Waals surface area contributed by atoms with Crippen molar-refractivity contribution in [1.82, 2.24) is 15.0 Å². The topological polar surface area (TPSA) is 80.5 Å². The van der Waals surface area contributed by atoms with E-state index in [2.05, 4.69) is 15.5 Å². The van der Waals surface area contributed by atoms with E-state index in [1.165, 1.54) is 0 Å². The summed E-state index contributed by atoms with van der Waals surface area (Å²) in [6.07, 6.45) is 0.507. The molecule has 1 aromatic heterocycles. The van der Waals surface area contributed by atoms with Gasteiger partial charge in [0.2, 0.25) is 5.89 Å². The van der Waals surface area contributed by atoms with Crippen LogP contribution in [0.3, 0.4) is 0 Å². The van der Waals surface area contributed by atoms with Crippen molar-refractivity contribution in [1.29, 1.82) is 0 Å². The van der Waals surface area contributed by atoms with Crippen LogP contribution in [0.15, 0.2) is 28.8 Å². The molecule has 0 saturated carbocycles. The van der Waals surface area contributed by atoms with E-state index >= 15 is 0 Å². The minimum absolute atomic E-state index is 0.0674. The van der Waals surface area contributed by atoms with Crippen molar-refractivity contribution < 1.29 is 14.1 Å². The first-order valence-corrected chi connectivity index (χ1v) is 7.75. The molecule has 1 saturated heterocycles. The second kappa shape index (κ2) is 6.68. The Morgan fingerprint density at radius 1 is 1.35 bits per heavy atom. The lowest BCUT2D eigenvalue weighted by molar-refractivity contribution is 0.157. The molecular weight excluding hydrogens is 296 g/mol. The van der Waals surface area contributed by atoms with Crippen molar-refractivity contribution in [2.45, 2.75) is 32.9 Å². The maximum absolute atomic E-state index is 11.4. The number of hydrogen-bond donors (Lipinski definition) is 1. The van der Waals surface area contributed by atoms with Crippen molar-refractivity contribution in [3.63, 3.8) is 0 Å². The van der Waals surface area contributed by atoms with Gasteiger partial charge in [-0.15, -0.1) is 0 Å². The molecule has 1 aliphatic heterocycles. The van der Waals surface area contributed by atoms with Gasteiger partial charge in [0.15, 0.2) is 5.82 Å². The first-order valence-electron chi connectivity index (χ1n) is 7.75. The summed E-state index contributed by atoms with van der Waals surface area (Å²) in [5.74, 6) is 1.28. The summed E-state index contributed by atoms with van der Waals surface area (Å²) < 4.78 is 10.2. The molecule has 1 fully saturated rings. The van der Waals surface area contributed by atoms with E-state index in [-0.39, 0.29) is 12.1 Å². The average Bonchev–Trinajstić information content (AvgIpc) is 3.19. The van der Waals surface area contributed by atoms with Gasteiger partial charge in [0.1, 0.15) is 12.6 Å². The fourth-order valence-corrected chi connectivity index (χ4v) is 2.39. The normalized spacial score (nSPS) is 15.6. The molecule has 1 N–H and O–H groups in total. The minimum Gasteiger partial charge on any atom is -0.448 e. The second-order valence-corrected chi connectivity index (χ2v) is 5.50. The van der Waals surface area contributed by atoms with Crippen molar-refractivity contribution in [3.8, 4) is 0 Å². The van der Waals surface area contributed by atoms with E-state index in [9.17, 15) is 4.79 Å². The zero-order chi connectivity index (χ0) is 16.2. The van der Waals surface area contributed by atoms with Gasteiger partial charge in [-0.05, 0) is 24.6 Å². The first kappa shape index (κ1) is 15.3. The van der Waals surface area contributed by atoms with Gasteiger partial charge in [-0.3, -0.25) is 0 Å². The number of nitrogens with zero attached hydrogens (tertiary/aromatic N) is 3. The number of ether oxygens (including phenoxy) is 1. The molecule has 7 nitrogen and oxygen atoms in total. The quantitative estimate of drug-likeness (QED) is 0.882. The minimum atomic E-state index is -0.246. The van der Waals surface area contributed by atoms with Crippen LogP contribution in [-0.4, -0.2) is 34.3 Å². The van der Waals surface area contributed by atoms with Crippen molar-refractivity contribution in [2.75, 3.05) is 18.5 Å². The highest BCUT2D eigenvalue weighted by Crippen LogP contribution is 2.19. The largest absolute Gasteiger partial charge is 0.448 e. The maximum atomic E-state index is 11.4. The van der Waals surface area contributed by atoms with Crippen LogP contribution in [0.5, 0.6) is 0 Å². The molecular formula is C16H20N4O3. The Kier molecular flexibility index (Phi) is 4.45. The Morgan fingerprint density at radius 3 is 2.74 bits per heavy atom. The van der Waals surface area contributed by atoms with Gasteiger partial charge in [-0.1, -0.05) is 24.2 Å². The van der Waals surface area contributed by atoms with Crippen molar-refractivity contribution >= 4 is 11.8 Å². The number of rotatable bonds is 6. The first-order chi connectivity index (χ1) is 11.2. The predicted octanol–water partition coefficient (Wildman–Crippen LogP) is 2.76. The third kappa shape index (κ3) is 3.61. The number of carbonyl (C=O) groups excluding carboxylic acids is 1. The molecule has 1 aromatic carbocycles. The van der Waals surface area contributed by atoms with Gasteiger partial charge >= 0.3 is 6.09 Å². The summed E-state index contributed by atoms with van der Waals surface area (Å²) >= 11 is 0. The molecule has 0 bridgehead atoms. The van der Waals surface area contributed by atoms with E-state index in [1.54, 1.807) is 4.90 Å². The van der Waals surface area contributed by atoms with Crippen LogP contribution >= 0.6 is 0 Å². The number of hydrogen-bond acceptors (Lipinski definition) is 6. The van der Waals surface area contributed by atoms with E-state index in [1.807, 2.05) is 38.1 Å². The van der Waals surface area contributed by atoms with E-state index in [4.69, 9.17) is 9.26 Å². The fraction of sp³-hybridized carbons (Fsp3) is 0.438. The van der Waals surface area contributed by atoms with Gasteiger partial charge in [-0.25, -0.2) is 4.79 Å². The van der Waals surface area contributed by atoms with Crippen LogP contribution in [0.1, 0.15) is 37.2 Å². The van der Waals surface area contributed by atoms with Gasteiger partial charge < -0.3 is 19.5 Å². The highest BCUT2D eigenvalue weighted by molar-refractivity contribution is 5.69. The highest BCUT2D eigenvalue weighted by atomic mass is 16.6. The number of benzene rings is 1. The Hall–Kier alpha value is -2.57. The summed E-state index contributed by atoms with van der Waals surface area (Å²) in [5, 5.41) is 7.22. The molecule has 2 heterocycles. The standard InChI is InChI=1S/C16H20N4O3/c1-3-14-18-15(23-19-14)11(2)17-13-6-4-12(5-7-13)10-20-8-9-22-16(20)21/h4-7,11,17H,3,8-10H2,1-2H3/t11-/m1/s1. The maximum Gasteiger partial charge on any atom is 0.410 e. The predicted molar refractivity (Wildman–Crippen MR) is 83.9 cm³/mol. The van der Waals surface area contributed by atoms with Gasteiger partial charge in [0, 0.05) is 18.7 Å². The zero-order valence-corrected chi connectivity index (χ0v) is 13.3. The van der Waals surface area contributed by atoms with E-state index < -0.39 is 0 Å². The number of carbonyl (C=O) groups is 1. The van der Waals surface area contributed by atoms with Crippen molar-refractivity contribution in [3.05, 3.63) is 41.5 Å². The van der Waals surface area contributed by atoms with Crippen LogP contribution in [0.25, 0.3) is 0 Å². The molecule has 1 aliphatic rings. The molecule has 122 valence electrons. The van der Waals surface area contributed by atoms with Crippen LogP contribution < -0.4 is 5.32 Å². The number of nitrogens with one attached hydrogen (secondary N) is 1. The molecule has 0 unspecified atom stereocenters. The molecule has 2 aromatic rings. The SMILES string of the molecule is CCc1noc([C@@H](C)Nc2ccc(CN3CCOC3=O)cc2)n1. The average molecular weight is 316 g/mol. The Labute approximate surface area is 134 Å². The smallest absolute Gasteiger partial charge is 0.410 e. The lowest BCUT2D eigenvalue weighted by Crippen LogP contribution is -2.23. The number of cyclic esters (lactones) is 1. The number of aryl methyl sites for hydroxylation is 1. The molecule has 23 heavy (non-hydrogen) atoms. The molecule has 7 heteroatoms.